The van der Waals surface area contributed by atoms with E-state index in [1.165, 1.54) is 0 Å². The average Bonchev–Trinajstić information content (AvgIpc) is 2.67. The molecule has 1 aliphatic heterocycles. The Morgan fingerprint density at radius 1 is 1.04 bits per heavy atom. The quantitative estimate of drug-likeness (QED) is 0.828. The summed E-state index contributed by atoms with van der Waals surface area (Å²) >= 11 is 0. The van der Waals surface area contributed by atoms with Crippen LogP contribution in [0.3, 0.4) is 0 Å². The molecule has 2 fully saturated rings. The van der Waals surface area contributed by atoms with Crippen molar-refractivity contribution in [3.63, 3.8) is 0 Å². The fraction of sp³-hybridized carbons (Fsp3) is 0.619. The number of hydrogen-bond donors (Lipinski definition) is 0. The number of hydrogen-bond acceptors (Lipinski definition) is 3. The molecule has 1 heterocycles. The third-order valence-corrected chi connectivity index (χ3v) is 5.74. The van der Waals surface area contributed by atoms with Gasteiger partial charge >= 0.3 is 6.09 Å². The van der Waals surface area contributed by atoms with Gasteiger partial charge in [0.15, 0.2) is 0 Å². The van der Waals surface area contributed by atoms with Crippen LogP contribution >= 0.6 is 0 Å². The monoisotopic (exact) mass is 358 g/mol. The lowest BCUT2D eigenvalue weighted by Crippen LogP contribution is -2.56. The predicted molar refractivity (Wildman–Crippen MR) is 100 cm³/mol. The van der Waals surface area contributed by atoms with Crippen molar-refractivity contribution in [3.05, 3.63) is 35.9 Å². The third kappa shape index (κ3) is 4.57. The molecule has 0 radical (unpaired) electrons. The Kier molecular flexibility index (Phi) is 6.17. The number of nitrogens with zero attached hydrogens (tertiary/aromatic N) is 2. The summed E-state index contributed by atoms with van der Waals surface area (Å²) in [5, 5.41) is 0. The summed E-state index contributed by atoms with van der Waals surface area (Å²) in [7, 11) is 0. The Balaban J connectivity index is 1.48. The van der Waals surface area contributed by atoms with Gasteiger partial charge in [0.25, 0.3) is 0 Å². The molecule has 3 rings (SSSR count). The summed E-state index contributed by atoms with van der Waals surface area (Å²) in [4.78, 5) is 28.9. The molecular weight excluding hydrogens is 328 g/mol. The molecule has 0 spiro atoms. The van der Waals surface area contributed by atoms with Crippen LogP contribution in [-0.4, -0.2) is 47.5 Å². The molecule has 0 N–H and O–H groups in total. The minimum absolute atomic E-state index is 0.0153. The van der Waals surface area contributed by atoms with E-state index in [2.05, 4.69) is 6.92 Å². The average molecular weight is 358 g/mol. The number of ether oxygens (including phenoxy) is 1. The summed E-state index contributed by atoms with van der Waals surface area (Å²) < 4.78 is 5.45. The highest BCUT2D eigenvalue weighted by atomic mass is 16.6. The van der Waals surface area contributed by atoms with Gasteiger partial charge in [-0.2, -0.15) is 0 Å². The van der Waals surface area contributed by atoms with Gasteiger partial charge in [0, 0.05) is 31.6 Å². The van der Waals surface area contributed by atoms with Crippen molar-refractivity contribution < 1.29 is 14.3 Å². The third-order valence-electron chi connectivity index (χ3n) is 5.74. The SMILES string of the molecule is CC1CCC(C(=O)N2CCN(C(=O)OCc3ccccc3)C(C)C2)CC1. The lowest BCUT2D eigenvalue weighted by Gasteiger charge is -2.41. The van der Waals surface area contributed by atoms with Crippen LogP contribution in [0.2, 0.25) is 0 Å². The van der Waals surface area contributed by atoms with E-state index in [4.69, 9.17) is 4.74 Å². The Labute approximate surface area is 156 Å². The van der Waals surface area contributed by atoms with Crippen LogP contribution in [0.15, 0.2) is 30.3 Å². The van der Waals surface area contributed by atoms with E-state index in [0.29, 0.717) is 19.6 Å². The van der Waals surface area contributed by atoms with Gasteiger partial charge in [-0.3, -0.25) is 4.79 Å². The van der Waals surface area contributed by atoms with Crippen molar-refractivity contribution in [1.82, 2.24) is 9.80 Å². The van der Waals surface area contributed by atoms with Crippen molar-refractivity contribution >= 4 is 12.0 Å². The number of amides is 2. The van der Waals surface area contributed by atoms with Gasteiger partial charge in [0.05, 0.1) is 0 Å². The Morgan fingerprint density at radius 3 is 2.38 bits per heavy atom. The van der Waals surface area contributed by atoms with E-state index in [1.807, 2.05) is 42.2 Å². The summed E-state index contributed by atoms with van der Waals surface area (Å²) in [6.45, 7) is 6.30. The van der Waals surface area contributed by atoms with Gasteiger partial charge in [0.1, 0.15) is 6.61 Å². The van der Waals surface area contributed by atoms with E-state index in [0.717, 1.165) is 37.2 Å². The van der Waals surface area contributed by atoms with Gasteiger partial charge < -0.3 is 14.5 Å². The topological polar surface area (TPSA) is 49.9 Å². The molecule has 1 aromatic rings. The molecule has 2 aliphatic rings. The lowest BCUT2D eigenvalue weighted by molar-refractivity contribution is -0.139. The number of carbonyl (C=O) groups is 2. The maximum absolute atomic E-state index is 12.8. The van der Waals surface area contributed by atoms with Crippen LogP contribution in [0.5, 0.6) is 0 Å². The summed E-state index contributed by atoms with van der Waals surface area (Å²) in [5.74, 6) is 1.20. The van der Waals surface area contributed by atoms with E-state index in [1.54, 1.807) is 4.90 Å². The molecule has 2 amide bonds. The summed E-state index contributed by atoms with van der Waals surface area (Å²) in [5.41, 5.74) is 0.980. The van der Waals surface area contributed by atoms with Crippen molar-refractivity contribution in [2.45, 2.75) is 52.2 Å². The van der Waals surface area contributed by atoms with Gasteiger partial charge in [-0.15, -0.1) is 0 Å². The number of piperazine rings is 1. The van der Waals surface area contributed by atoms with Crippen LogP contribution in [-0.2, 0) is 16.1 Å². The molecule has 1 saturated heterocycles. The molecule has 26 heavy (non-hydrogen) atoms. The van der Waals surface area contributed by atoms with Crippen molar-refractivity contribution in [2.75, 3.05) is 19.6 Å². The van der Waals surface area contributed by atoms with Crippen LogP contribution in [0.1, 0.15) is 45.1 Å². The van der Waals surface area contributed by atoms with E-state index < -0.39 is 0 Å². The molecule has 1 aromatic carbocycles. The zero-order chi connectivity index (χ0) is 18.5. The van der Waals surface area contributed by atoms with Crippen molar-refractivity contribution in [1.29, 1.82) is 0 Å². The molecule has 1 aliphatic carbocycles. The van der Waals surface area contributed by atoms with Crippen LogP contribution in [0.4, 0.5) is 4.79 Å². The molecule has 5 heteroatoms. The molecule has 0 bridgehead atoms. The summed E-state index contributed by atoms with van der Waals surface area (Å²) in [6, 6.07) is 9.68. The predicted octanol–water partition coefficient (Wildman–Crippen LogP) is 3.68. The molecular formula is C21H30N2O3. The molecule has 0 aromatic heterocycles. The Bertz CT molecular complexity index is 611. The number of benzene rings is 1. The fourth-order valence-electron chi connectivity index (χ4n) is 4.00. The maximum Gasteiger partial charge on any atom is 0.410 e. The first-order chi connectivity index (χ1) is 12.5. The number of rotatable bonds is 3. The zero-order valence-corrected chi connectivity index (χ0v) is 15.9. The molecule has 1 atom stereocenters. The minimum Gasteiger partial charge on any atom is -0.445 e. The fourth-order valence-corrected chi connectivity index (χ4v) is 4.00. The van der Waals surface area contributed by atoms with Gasteiger partial charge in [-0.25, -0.2) is 4.79 Å². The van der Waals surface area contributed by atoms with Crippen LogP contribution < -0.4 is 0 Å². The first-order valence-corrected chi connectivity index (χ1v) is 9.80. The highest BCUT2D eigenvalue weighted by Crippen LogP contribution is 2.30. The standard InChI is InChI=1S/C21H30N2O3/c1-16-8-10-19(11-9-16)20(24)22-12-13-23(17(2)14-22)21(25)26-15-18-6-4-3-5-7-18/h3-7,16-17,19H,8-15H2,1-2H3. The Morgan fingerprint density at radius 2 is 1.73 bits per heavy atom. The largest absolute Gasteiger partial charge is 0.445 e. The number of carbonyl (C=O) groups excluding carboxylic acids is 2. The lowest BCUT2D eigenvalue weighted by atomic mass is 9.82. The second-order valence-corrected chi connectivity index (χ2v) is 7.82. The second kappa shape index (κ2) is 8.56. The van der Waals surface area contributed by atoms with Gasteiger partial charge in [-0.05, 0) is 44.1 Å². The smallest absolute Gasteiger partial charge is 0.410 e. The maximum atomic E-state index is 12.8. The molecule has 1 unspecified atom stereocenters. The van der Waals surface area contributed by atoms with E-state index in [9.17, 15) is 9.59 Å². The van der Waals surface area contributed by atoms with Gasteiger partial charge in [-0.1, -0.05) is 37.3 Å². The normalized spacial score (nSPS) is 26.5. The minimum atomic E-state index is -0.292. The van der Waals surface area contributed by atoms with Gasteiger partial charge in [0.2, 0.25) is 5.91 Å². The first-order valence-electron chi connectivity index (χ1n) is 9.80. The van der Waals surface area contributed by atoms with Crippen LogP contribution in [0.25, 0.3) is 0 Å². The molecule has 1 saturated carbocycles. The van der Waals surface area contributed by atoms with Crippen molar-refractivity contribution in [3.8, 4) is 0 Å². The zero-order valence-electron chi connectivity index (χ0n) is 15.9. The Hall–Kier alpha value is -2.04. The van der Waals surface area contributed by atoms with Crippen LogP contribution in [0, 0.1) is 11.8 Å². The molecule has 142 valence electrons. The summed E-state index contributed by atoms with van der Waals surface area (Å²) in [6.07, 6.45) is 4.02. The second-order valence-electron chi connectivity index (χ2n) is 7.82. The highest BCUT2D eigenvalue weighted by Gasteiger charge is 2.34. The first kappa shape index (κ1) is 18.7. The van der Waals surface area contributed by atoms with E-state index >= 15 is 0 Å². The highest BCUT2D eigenvalue weighted by molar-refractivity contribution is 5.79. The van der Waals surface area contributed by atoms with E-state index in [-0.39, 0.29) is 30.6 Å². The molecule has 5 nitrogen and oxygen atoms in total. The van der Waals surface area contributed by atoms with Crippen molar-refractivity contribution in [2.24, 2.45) is 11.8 Å².